The first kappa shape index (κ1) is 15.3. The topological polar surface area (TPSA) is 62.3 Å². The Bertz CT molecular complexity index is 531. The number of pyridine rings is 1. The van der Waals surface area contributed by atoms with Gasteiger partial charge >= 0.3 is 0 Å². The molecule has 22 heavy (non-hydrogen) atoms. The van der Waals surface area contributed by atoms with Crippen LogP contribution in [0, 0.1) is 5.92 Å². The molecule has 1 aliphatic heterocycles. The molecule has 2 fully saturated rings. The highest BCUT2D eigenvalue weighted by Gasteiger charge is 2.36. The first-order valence-corrected chi connectivity index (χ1v) is 8.98. The highest BCUT2D eigenvalue weighted by molar-refractivity contribution is 7.99. The Balaban J connectivity index is 1.63. The van der Waals surface area contributed by atoms with Crippen LogP contribution in [0.25, 0.3) is 0 Å². The SMILES string of the molecule is O=C(N[C@@H]1CCC[C@@H]1C(=O)N1CCSCC1)c1ccncc1. The first-order chi connectivity index (χ1) is 10.8. The van der Waals surface area contributed by atoms with Gasteiger partial charge in [0.1, 0.15) is 0 Å². The average Bonchev–Trinajstić information content (AvgIpc) is 3.04. The third kappa shape index (κ3) is 3.43. The second-order valence-electron chi connectivity index (χ2n) is 5.79. The minimum Gasteiger partial charge on any atom is -0.349 e. The third-order valence-corrected chi connectivity index (χ3v) is 5.36. The zero-order chi connectivity index (χ0) is 15.4. The fraction of sp³-hybridized carbons (Fsp3) is 0.562. The van der Waals surface area contributed by atoms with Crippen LogP contribution in [0.3, 0.4) is 0 Å². The Morgan fingerprint density at radius 1 is 1.18 bits per heavy atom. The van der Waals surface area contributed by atoms with Gasteiger partial charge in [0.15, 0.2) is 0 Å². The van der Waals surface area contributed by atoms with Crippen LogP contribution in [0.4, 0.5) is 0 Å². The lowest BCUT2D eigenvalue weighted by molar-refractivity contribution is -0.135. The summed E-state index contributed by atoms with van der Waals surface area (Å²) in [6.07, 6.45) is 5.98. The lowest BCUT2D eigenvalue weighted by Gasteiger charge is -2.31. The molecule has 0 aromatic carbocycles. The third-order valence-electron chi connectivity index (χ3n) is 4.41. The van der Waals surface area contributed by atoms with Gasteiger partial charge in [0.2, 0.25) is 5.91 Å². The summed E-state index contributed by atoms with van der Waals surface area (Å²) in [4.78, 5) is 30.9. The molecule has 1 saturated heterocycles. The molecule has 3 rings (SSSR count). The Morgan fingerprint density at radius 2 is 1.91 bits per heavy atom. The normalized spacial score (nSPS) is 25.0. The van der Waals surface area contributed by atoms with Gasteiger partial charge in [-0.15, -0.1) is 0 Å². The lowest BCUT2D eigenvalue weighted by Crippen LogP contribution is -2.47. The highest BCUT2D eigenvalue weighted by atomic mass is 32.2. The molecule has 1 saturated carbocycles. The molecule has 1 N–H and O–H groups in total. The van der Waals surface area contributed by atoms with E-state index >= 15 is 0 Å². The maximum absolute atomic E-state index is 12.7. The quantitative estimate of drug-likeness (QED) is 0.918. The molecule has 1 aromatic rings. The Labute approximate surface area is 134 Å². The molecule has 0 bridgehead atoms. The number of carbonyl (C=O) groups is 2. The predicted octanol–water partition coefficient (Wildman–Crippen LogP) is 1.56. The van der Waals surface area contributed by atoms with Gasteiger partial charge in [-0.25, -0.2) is 0 Å². The summed E-state index contributed by atoms with van der Waals surface area (Å²) in [5.41, 5.74) is 0.600. The summed E-state index contributed by atoms with van der Waals surface area (Å²) < 4.78 is 0. The van der Waals surface area contributed by atoms with Crippen LogP contribution in [0.15, 0.2) is 24.5 Å². The van der Waals surface area contributed by atoms with Gasteiger partial charge in [-0.2, -0.15) is 11.8 Å². The molecule has 2 amide bonds. The molecule has 0 spiro atoms. The van der Waals surface area contributed by atoms with E-state index in [2.05, 4.69) is 10.3 Å². The summed E-state index contributed by atoms with van der Waals surface area (Å²) in [5.74, 6) is 2.09. The second-order valence-corrected chi connectivity index (χ2v) is 7.02. The van der Waals surface area contributed by atoms with Gasteiger partial charge in [0.05, 0.1) is 5.92 Å². The number of thioether (sulfide) groups is 1. The van der Waals surface area contributed by atoms with Crippen LogP contribution in [0.2, 0.25) is 0 Å². The number of aromatic nitrogens is 1. The predicted molar refractivity (Wildman–Crippen MR) is 86.7 cm³/mol. The number of carbonyl (C=O) groups excluding carboxylic acids is 2. The van der Waals surface area contributed by atoms with Crippen LogP contribution in [0.1, 0.15) is 29.6 Å². The van der Waals surface area contributed by atoms with Crippen molar-refractivity contribution in [1.82, 2.24) is 15.2 Å². The number of rotatable bonds is 3. The zero-order valence-electron chi connectivity index (χ0n) is 12.5. The Kier molecular flexibility index (Phi) is 4.97. The van der Waals surface area contributed by atoms with Gasteiger partial charge in [0.25, 0.3) is 5.91 Å². The van der Waals surface area contributed by atoms with E-state index in [1.807, 2.05) is 16.7 Å². The number of hydrogen-bond acceptors (Lipinski definition) is 4. The van der Waals surface area contributed by atoms with Crippen molar-refractivity contribution in [2.75, 3.05) is 24.6 Å². The fourth-order valence-corrected chi connectivity index (χ4v) is 4.10. The molecule has 0 radical (unpaired) electrons. The summed E-state index contributed by atoms with van der Waals surface area (Å²) in [5, 5.41) is 3.05. The average molecular weight is 319 g/mol. The fourth-order valence-electron chi connectivity index (χ4n) is 3.20. The van der Waals surface area contributed by atoms with Gasteiger partial charge in [-0.1, -0.05) is 6.42 Å². The van der Waals surface area contributed by atoms with Crippen molar-refractivity contribution in [3.05, 3.63) is 30.1 Å². The van der Waals surface area contributed by atoms with E-state index in [-0.39, 0.29) is 23.8 Å². The molecule has 118 valence electrons. The first-order valence-electron chi connectivity index (χ1n) is 7.83. The highest BCUT2D eigenvalue weighted by Crippen LogP contribution is 2.28. The molecular weight excluding hydrogens is 298 g/mol. The minimum atomic E-state index is -0.110. The van der Waals surface area contributed by atoms with E-state index in [1.165, 1.54) is 0 Å². The largest absolute Gasteiger partial charge is 0.349 e. The van der Waals surface area contributed by atoms with Crippen LogP contribution in [-0.4, -0.2) is 52.3 Å². The van der Waals surface area contributed by atoms with Crippen molar-refractivity contribution >= 4 is 23.6 Å². The van der Waals surface area contributed by atoms with E-state index in [1.54, 1.807) is 24.5 Å². The van der Waals surface area contributed by atoms with Crippen LogP contribution in [0.5, 0.6) is 0 Å². The lowest BCUT2D eigenvalue weighted by atomic mass is 10.0. The van der Waals surface area contributed by atoms with E-state index in [4.69, 9.17) is 0 Å². The van der Waals surface area contributed by atoms with Gasteiger partial charge in [-0.3, -0.25) is 14.6 Å². The smallest absolute Gasteiger partial charge is 0.251 e. The van der Waals surface area contributed by atoms with Crippen LogP contribution >= 0.6 is 11.8 Å². The monoisotopic (exact) mass is 319 g/mol. The van der Waals surface area contributed by atoms with E-state index in [9.17, 15) is 9.59 Å². The van der Waals surface area contributed by atoms with Gasteiger partial charge < -0.3 is 10.2 Å². The molecule has 6 heteroatoms. The van der Waals surface area contributed by atoms with Crippen molar-refractivity contribution in [3.8, 4) is 0 Å². The number of amides is 2. The maximum Gasteiger partial charge on any atom is 0.251 e. The standard InChI is InChI=1S/C16H21N3O2S/c20-15(12-4-6-17-7-5-12)18-14-3-1-2-13(14)16(21)19-8-10-22-11-9-19/h4-7,13-14H,1-3,8-11H2,(H,18,20)/t13-,14+/m0/s1. The van der Waals surface area contributed by atoms with Gasteiger partial charge in [0, 0.05) is 48.6 Å². The molecule has 2 atom stereocenters. The Morgan fingerprint density at radius 3 is 2.64 bits per heavy atom. The van der Waals surface area contributed by atoms with Crippen molar-refractivity contribution < 1.29 is 9.59 Å². The maximum atomic E-state index is 12.7. The molecule has 1 aromatic heterocycles. The molecule has 1 aliphatic carbocycles. The van der Waals surface area contributed by atoms with E-state index in [0.29, 0.717) is 5.56 Å². The molecule has 2 aliphatic rings. The van der Waals surface area contributed by atoms with Crippen molar-refractivity contribution in [1.29, 1.82) is 0 Å². The molecular formula is C16H21N3O2S. The molecule has 5 nitrogen and oxygen atoms in total. The Hall–Kier alpha value is -1.56. The van der Waals surface area contributed by atoms with Crippen molar-refractivity contribution in [3.63, 3.8) is 0 Å². The minimum absolute atomic E-state index is 0.0391. The van der Waals surface area contributed by atoms with Gasteiger partial charge in [-0.05, 0) is 25.0 Å². The summed E-state index contributed by atoms with van der Waals surface area (Å²) in [6.45, 7) is 1.68. The number of nitrogens with zero attached hydrogens (tertiary/aromatic N) is 2. The van der Waals surface area contributed by atoms with Crippen LogP contribution < -0.4 is 5.32 Å². The molecule has 2 heterocycles. The summed E-state index contributed by atoms with van der Waals surface area (Å²) in [6, 6.07) is 3.36. The van der Waals surface area contributed by atoms with Crippen LogP contribution in [-0.2, 0) is 4.79 Å². The second kappa shape index (κ2) is 7.13. The van der Waals surface area contributed by atoms with E-state index < -0.39 is 0 Å². The number of hydrogen-bond donors (Lipinski definition) is 1. The molecule has 0 unspecified atom stereocenters. The summed E-state index contributed by atoms with van der Waals surface area (Å²) in [7, 11) is 0. The van der Waals surface area contributed by atoms with Crippen molar-refractivity contribution in [2.45, 2.75) is 25.3 Å². The van der Waals surface area contributed by atoms with Crippen molar-refractivity contribution in [2.24, 2.45) is 5.92 Å². The van der Waals surface area contributed by atoms with E-state index in [0.717, 1.165) is 43.9 Å². The summed E-state index contributed by atoms with van der Waals surface area (Å²) >= 11 is 1.90. The number of nitrogens with one attached hydrogen (secondary N) is 1. The zero-order valence-corrected chi connectivity index (χ0v) is 13.3.